The molecule has 4 rings (SSSR count). The summed E-state index contributed by atoms with van der Waals surface area (Å²) in [6, 6.07) is 25.5. The highest BCUT2D eigenvalue weighted by molar-refractivity contribution is 6.11. The zero-order chi connectivity index (χ0) is 31.5. The van der Waals surface area contributed by atoms with Crippen molar-refractivity contribution in [1.29, 1.82) is 0 Å². The number of rotatable bonds is 12. The highest BCUT2D eigenvalue weighted by Gasteiger charge is 2.17. The minimum atomic E-state index is -0.577. The van der Waals surface area contributed by atoms with E-state index in [9.17, 15) is 14.4 Å². The van der Waals surface area contributed by atoms with E-state index in [1.807, 2.05) is 6.07 Å². The van der Waals surface area contributed by atoms with Crippen molar-refractivity contribution >= 4 is 35.4 Å². The van der Waals surface area contributed by atoms with Crippen LogP contribution in [0.15, 0.2) is 103 Å². The molecular formula is C35H32N2O7. The number of carbonyl (C=O) groups excluding carboxylic acids is 3. The number of hydrogen-bond acceptors (Lipinski definition) is 7. The number of ether oxygens (including phenoxy) is 4. The predicted octanol–water partition coefficient (Wildman–Crippen LogP) is 6.03. The average molecular weight is 593 g/mol. The SMILES string of the molecule is COc1ccc(/C=C/C(=O)c2ccc(NC(=O)/C(=C/c3cccc(OC)c3OC)NC(=O)c3ccccc3)cc2)cc1OC. The number of para-hydroxylation sites is 1. The topological polar surface area (TPSA) is 112 Å². The van der Waals surface area contributed by atoms with Crippen molar-refractivity contribution in [2.45, 2.75) is 0 Å². The van der Waals surface area contributed by atoms with Crippen LogP contribution in [-0.4, -0.2) is 46.0 Å². The van der Waals surface area contributed by atoms with Crippen molar-refractivity contribution in [3.63, 3.8) is 0 Å². The molecule has 0 saturated carbocycles. The van der Waals surface area contributed by atoms with Crippen LogP contribution < -0.4 is 29.6 Å². The number of carbonyl (C=O) groups is 3. The monoisotopic (exact) mass is 592 g/mol. The Balaban J connectivity index is 1.54. The second kappa shape index (κ2) is 14.9. The summed E-state index contributed by atoms with van der Waals surface area (Å²) >= 11 is 0. The highest BCUT2D eigenvalue weighted by Crippen LogP contribution is 2.32. The van der Waals surface area contributed by atoms with Crippen LogP contribution in [0.5, 0.6) is 23.0 Å². The molecule has 4 aromatic carbocycles. The van der Waals surface area contributed by atoms with Gasteiger partial charge in [0.05, 0.1) is 28.4 Å². The third-order valence-corrected chi connectivity index (χ3v) is 6.52. The van der Waals surface area contributed by atoms with Crippen molar-refractivity contribution in [2.24, 2.45) is 0 Å². The summed E-state index contributed by atoms with van der Waals surface area (Å²) < 4.78 is 21.4. The van der Waals surface area contributed by atoms with E-state index >= 15 is 0 Å². The van der Waals surface area contributed by atoms with Gasteiger partial charge in [-0.3, -0.25) is 14.4 Å². The first kappa shape index (κ1) is 31.1. The summed E-state index contributed by atoms with van der Waals surface area (Å²) in [5, 5.41) is 5.49. The summed E-state index contributed by atoms with van der Waals surface area (Å²) in [5.74, 6) is 0.754. The fourth-order valence-electron chi connectivity index (χ4n) is 4.26. The van der Waals surface area contributed by atoms with Gasteiger partial charge in [-0.1, -0.05) is 42.5 Å². The third-order valence-electron chi connectivity index (χ3n) is 6.52. The number of amides is 2. The Bertz CT molecular complexity index is 1690. The summed E-state index contributed by atoms with van der Waals surface area (Å²) in [6.07, 6.45) is 4.64. The van der Waals surface area contributed by atoms with Crippen LogP contribution in [-0.2, 0) is 4.79 Å². The molecule has 0 aliphatic rings. The second-order valence-electron chi connectivity index (χ2n) is 9.30. The fourth-order valence-corrected chi connectivity index (χ4v) is 4.26. The Morgan fingerprint density at radius 2 is 1.36 bits per heavy atom. The zero-order valence-electron chi connectivity index (χ0n) is 24.8. The van der Waals surface area contributed by atoms with Crippen LogP contribution in [0.2, 0.25) is 0 Å². The van der Waals surface area contributed by atoms with Crippen LogP contribution in [0.4, 0.5) is 5.69 Å². The highest BCUT2D eigenvalue weighted by atomic mass is 16.5. The maximum absolute atomic E-state index is 13.5. The average Bonchev–Trinajstić information content (AvgIpc) is 3.07. The molecule has 0 saturated heterocycles. The Hall–Kier alpha value is -5.83. The Labute approximate surface area is 255 Å². The van der Waals surface area contributed by atoms with Crippen LogP contribution in [0, 0.1) is 0 Å². The van der Waals surface area contributed by atoms with Gasteiger partial charge in [-0.15, -0.1) is 0 Å². The molecule has 2 N–H and O–H groups in total. The van der Waals surface area contributed by atoms with Crippen molar-refractivity contribution in [3.05, 3.63) is 125 Å². The minimum Gasteiger partial charge on any atom is -0.493 e. The minimum absolute atomic E-state index is 0.0246. The quantitative estimate of drug-likeness (QED) is 0.153. The normalized spacial score (nSPS) is 11.0. The Morgan fingerprint density at radius 3 is 2.02 bits per heavy atom. The van der Waals surface area contributed by atoms with Crippen LogP contribution >= 0.6 is 0 Å². The van der Waals surface area contributed by atoms with Gasteiger partial charge >= 0.3 is 0 Å². The number of hydrogen-bond donors (Lipinski definition) is 2. The molecule has 2 amide bonds. The van der Waals surface area contributed by atoms with Crippen molar-refractivity contribution in [2.75, 3.05) is 33.8 Å². The van der Waals surface area contributed by atoms with Gasteiger partial charge in [0.1, 0.15) is 5.70 Å². The van der Waals surface area contributed by atoms with Crippen molar-refractivity contribution in [1.82, 2.24) is 5.32 Å². The summed E-state index contributed by atoms with van der Waals surface area (Å²) in [4.78, 5) is 39.2. The second-order valence-corrected chi connectivity index (χ2v) is 9.30. The van der Waals surface area contributed by atoms with E-state index in [0.717, 1.165) is 5.56 Å². The lowest BCUT2D eigenvalue weighted by Crippen LogP contribution is -2.30. The molecule has 0 atom stereocenters. The molecule has 0 radical (unpaired) electrons. The van der Waals surface area contributed by atoms with Gasteiger partial charge < -0.3 is 29.6 Å². The van der Waals surface area contributed by atoms with Crippen molar-refractivity contribution < 1.29 is 33.3 Å². The lowest BCUT2D eigenvalue weighted by atomic mass is 10.1. The van der Waals surface area contributed by atoms with Crippen LogP contribution in [0.1, 0.15) is 31.8 Å². The Kier molecular flexibility index (Phi) is 10.5. The number of allylic oxidation sites excluding steroid dienone is 1. The summed E-state index contributed by atoms with van der Waals surface area (Å²) in [6.45, 7) is 0. The summed E-state index contributed by atoms with van der Waals surface area (Å²) in [7, 11) is 6.10. The predicted molar refractivity (Wildman–Crippen MR) is 169 cm³/mol. The number of methoxy groups -OCH3 is 4. The molecule has 9 nitrogen and oxygen atoms in total. The van der Waals surface area contributed by atoms with Gasteiger partial charge in [-0.05, 0) is 72.3 Å². The largest absolute Gasteiger partial charge is 0.493 e. The van der Waals surface area contributed by atoms with Gasteiger partial charge in [0.15, 0.2) is 28.8 Å². The van der Waals surface area contributed by atoms with Gasteiger partial charge in [0.25, 0.3) is 11.8 Å². The molecular weight excluding hydrogens is 560 g/mol. The van der Waals surface area contributed by atoms with Crippen LogP contribution in [0.3, 0.4) is 0 Å². The number of anilines is 1. The fraction of sp³-hybridized carbons (Fsp3) is 0.114. The first-order valence-corrected chi connectivity index (χ1v) is 13.5. The standard InChI is InChI=1S/C35H32N2O7/c1-41-30-20-14-23(21-32(30)43-3)13-19-29(38)24-15-17-27(18-16-24)36-35(40)28(37-34(39)25-9-6-5-7-10-25)22-26-11-8-12-31(42-2)33(26)44-4/h5-22H,1-4H3,(H,36,40)(H,37,39)/b19-13+,28-22-. The van der Waals surface area contributed by atoms with E-state index in [0.29, 0.717) is 45.4 Å². The lowest BCUT2D eigenvalue weighted by Gasteiger charge is -2.14. The van der Waals surface area contributed by atoms with E-state index in [-0.39, 0.29) is 11.5 Å². The van der Waals surface area contributed by atoms with E-state index in [1.54, 1.807) is 105 Å². The lowest BCUT2D eigenvalue weighted by molar-refractivity contribution is -0.113. The maximum atomic E-state index is 13.5. The molecule has 0 heterocycles. The first-order chi connectivity index (χ1) is 21.4. The number of nitrogens with one attached hydrogen (secondary N) is 2. The molecule has 224 valence electrons. The molecule has 0 spiro atoms. The van der Waals surface area contributed by atoms with Gasteiger partial charge in [-0.2, -0.15) is 0 Å². The first-order valence-electron chi connectivity index (χ1n) is 13.5. The number of benzene rings is 4. The molecule has 9 heteroatoms. The molecule has 4 aromatic rings. The van der Waals surface area contributed by atoms with Crippen molar-refractivity contribution in [3.8, 4) is 23.0 Å². The maximum Gasteiger partial charge on any atom is 0.272 e. The molecule has 0 bridgehead atoms. The molecule has 0 aliphatic carbocycles. The third kappa shape index (κ3) is 7.71. The van der Waals surface area contributed by atoms with E-state index in [4.69, 9.17) is 18.9 Å². The smallest absolute Gasteiger partial charge is 0.272 e. The molecule has 0 unspecified atom stereocenters. The molecule has 0 aromatic heterocycles. The van der Waals surface area contributed by atoms with Gasteiger partial charge in [-0.25, -0.2) is 0 Å². The van der Waals surface area contributed by atoms with E-state index in [2.05, 4.69) is 10.6 Å². The molecule has 0 aliphatic heterocycles. The zero-order valence-corrected chi connectivity index (χ0v) is 24.8. The van der Waals surface area contributed by atoms with E-state index < -0.39 is 11.8 Å². The number of ketones is 1. The van der Waals surface area contributed by atoms with Gasteiger partial charge in [0.2, 0.25) is 0 Å². The molecule has 0 fully saturated rings. The Morgan fingerprint density at radius 1 is 0.659 bits per heavy atom. The van der Waals surface area contributed by atoms with Gasteiger partial charge in [0, 0.05) is 22.4 Å². The molecule has 44 heavy (non-hydrogen) atoms. The summed E-state index contributed by atoms with van der Waals surface area (Å²) in [5.41, 5.74) is 2.50. The van der Waals surface area contributed by atoms with E-state index in [1.165, 1.54) is 26.4 Å². The van der Waals surface area contributed by atoms with Crippen LogP contribution in [0.25, 0.3) is 12.2 Å².